The zero-order valence-corrected chi connectivity index (χ0v) is 7.70. The topological polar surface area (TPSA) is 0 Å². The molecule has 0 amide bonds. The molecule has 14 heavy (non-hydrogen) atoms. The summed E-state index contributed by atoms with van der Waals surface area (Å²) in [5, 5.41) is 0. The Bertz CT molecular complexity index is 389. The zero-order valence-electron chi connectivity index (χ0n) is 7.70. The van der Waals surface area contributed by atoms with E-state index >= 15 is 0 Å². The van der Waals surface area contributed by atoms with Gasteiger partial charge >= 0.3 is 0 Å². The summed E-state index contributed by atoms with van der Waals surface area (Å²) in [4.78, 5) is 0. The molecule has 0 bridgehead atoms. The fourth-order valence-corrected chi connectivity index (χ4v) is 1.38. The van der Waals surface area contributed by atoms with Crippen molar-refractivity contribution < 1.29 is 4.39 Å². The van der Waals surface area contributed by atoms with Crippen molar-refractivity contribution >= 4 is 0 Å². The molecule has 1 radical (unpaired) electrons. The van der Waals surface area contributed by atoms with Gasteiger partial charge in [-0.2, -0.15) is 0 Å². The summed E-state index contributed by atoms with van der Waals surface area (Å²) in [6.45, 7) is 0. The Balaban J connectivity index is 2.16. The molecule has 2 aromatic carbocycles. The van der Waals surface area contributed by atoms with Gasteiger partial charge in [0.25, 0.3) is 0 Å². The molecule has 0 atom stereocenters. The molecular weight excluding hydrogens is 175 g/mol. The molecule has 0 saturated carbocycles. The molecule has 69 valence electrons. The Hall–Kier alpha value is -1.63. The van der Waals surface area contributed by atoms with Crippen molar-refractivity contribution in [2.75, 3.05) is 0 Å². The fourth-order valence-electron chi connectivity index (χ4n) is 1.38. The lowest BCUT2D eigenvalue weighted by molar-refractivity contribution is 0.627. The minimum absolute atomic E-state index is 0.187. The first-order valence-corrected chi connectivity index (χ1v) is 4.54. The number of hydrogen-bond donors (Lipinski definition) is 0. The van der Waals surface area contributed by atoms with Gasteiger partial charge in [0.15, 0.2) is 0 Å². The van der Waals surface area contributed by atoms with Gasteiger partial charge in [-0.1, -0.05) is 36.4 Å². The zero-order chi connectivity index (χ0) is 9.80. The highest BCUT2D eigenvalue weighted by Crippen LogP contribution is 2.09. The van der Waals surface area contributed by atoms with Crippen molar-refractivity contribution in [3.63, 3.8) is 0 Å². The maximum atomic E-state index is 12.6. The first kappa shape index (κ1) is 8.95. The lowest BCUT2D eigenvalue weighted by Gasteiger charge is -2.00. The largest absolute Gasteiger partial charge is 0.207 e. The third-order valence-electron chi connectivity index (χ3n) is 2.09. The van der Waals surface area contributed by atoms with E-state index in [1.54, 1.807) is 0 Å². The first-order chi connectivity index (χ1) is 6.84. The summed E-state index contributed by atoms with van der Waals surface area (Å²) in [7, 11) is 0. The molecule has 0 N–H and O–H groups in total. The van der Waals surface area contributed by atoms with Crippen LogP contribution in [-0.4, -0.2) is 0 Å². The van der Waals surface area contributed by atoms with E-state index in [0.717, 1.165) is 12.0 Å². The second-order valence-corrected chi connectivity index (χ2v) is 3.21. The fraction of sp³-hybridized carbons (Fsp3) is 0.0769. The molecule has 0 aliphatic heterocycles. The van der Waals surface area contributed by atoms with Crippen molar-refractivity contribution in [1.29, 1.82) is 0 Å². The van der Waals surface area contributed by atoms with Gasteiger partial charge in [0, 0.05) is 0 Å². The van der Waals surface area contributed by atoms with Gasteiger partial charge in [0.05, 0.1) is 0 Å². The molecule has 0 aliphatic carbocycles. The number of rotatable bonds is 2. The van der Waals surface area contributed by atoms with Gasteiger partial charge in [-0.3, -0.25) is 0 Å². The van der Waals surface area contributed by atoms with Gasteiger partial charge in [0.2, 0.25) is 0 Å². The first-order valence-electron chi connectivity index (χ1n) is 4.54. The van der Waals surface area contributed by atoms with E-state index in [1.807, 2.05) is 36.4 Å². The van der Waals surface area contributed by atoms with Crippen LogP contribution < -0.4 is 0 Å². The lowest BCUT2D eigenvalue weighted by atomic mass is 10.1. The van der Waals surface area contributed by atoms with Crippen molar-refractivity contribution in [3.05, 3.63) is 71.5 Å². The normalized spacial score (nSPS) is 10.1. The Labute approximate surface area is 83.0 Å². The van der Waals surface area contributed by atoms with Crippen molar-refractivity contribution in [2.45, 2.75) is 6.42 Å². The standard InChI is InChI=1S/C13H10F/c14-13-8-6-12(7-9-13)10-11-4-2-1-3-5-11/h1-2,4-9H,10H2. The van der Waals surface area contributed by atoms with Crippen LogP contribution in [0.5, 0.6) is 0 Å². The Kier molecular flexibility index (Phi) is 2.59. The Morgan fingerprint density at radius 3 is 2.43 bits per heavy atom. The average molecular weight is 185 g/mol. The average Bonchev–Trinajstić information content (AvgIpc) is 2.23. The summed E-state index contributed by atoms with van der Waals surface area (Å²) >= 11 is 0. The van der Waals surface area contributed by atoms with Crippen LogP contribution in [0.2, 0.25) is 0 Å². The molecule has 0 unspecified atom stereocenters. The van der Waals surface area contributed by atoms with Gasteiger partial charge in [-0.25, -0.2) is 4.39 Å². The van der Waals surface area contributed by atoms with Crippen LogP contribution >= 0.6 is 0 Å². The summed E-state index contributed by atoms with van der Waals surface area (Å²) in [6.07, 6.45) is 0.831. The lowest BCUT2D eigenvalue weighted by Crippen LogP contribution is -1.87. The van der Waals surface area contributed by atoms with E-state index in [1.165, 1.54) is 17.7 Å². The van der Waals surface area contributed by atoms with Gasteiger partial charge in [-0.05, 0) is 35.7 Å². The van der Waals surface area contributed by atoms with E-state index in [9.17, 15) is 4.39 Å². The number of halogens is 1. The van der Waals surface area contributed by atoms with Crippen LogP contribution in [0.4, 0.5) is 4.39 Å². The second kappa shape index (κ2) is 4.05. The van der Waals surface area contributed by atoms with E-state index in [0.29, 0.717) is 0 Å². The quantitative estimate of drug-likeness (QED) is 0.674. The van der Waals surface area contributed by atoms with Gasteiger partial charge in [0.1, 0.15) is 5.82 Å². The van der Waals surface area contributed by atoms with Gasteiger partial charge in [-0.15, -0.1) is 0 Å². The Morgan fingerprint density at radius 1 is 1.00 bits per heavy atom. The van der Waals surface area contributed by atoms with Crippen LogP contribution in [0.25, 0.3) is 0 Å². The van der Waals surface area contributed by atoms with E-state index in [-0.39, 0.29) is 5.82 Å². The SMILES string of the molecule is Fc1ccc(Cc2c[c]ccc2)cc1. The second-order valence-electron chi connectivity index (χ2n) is 3.21. The number of hydrogen-bond acceptors (Lipinski definition) is 0. The van der Waals surface area contributed by atoms with E-state index in [2.05, 4.69) is 6.07 Å². The summed E-state index contributed by atoms with van der Waals surface area (Å²) in [5.74, 6) is -0.187. The third kappa shape index (κ3) is 2.19. The van der Waals surface area contributed by atoms with Crippen LogP contribution in [-0.2, 0) is 6.42 Å². The molecule has 0 aliphatic rings. The highest BCUT2D eigenvalue weighted by Gasteiger charge is 1.95. The smallest absolute Gasteiger partial charge is 0.123 e. The van der Waals surface area contributed by atoms with Crippen LogP contribution in [0.1, 0.15) is 11.1 Å². The summed E-state index contributed by atoms with van der Waals surface area (Å²) in [5.41, 5.74) is 2.31. The Morgan fingerprint density at radius 2 is 1.79 bits per heavy atom. The molecule has 0 aromatic heterocycles. The van der Waals surface area contributed by atoms with Crippen molar-refractivity contribution in [2.24, 2.45) is 0 Å². The van der Waals surface area contributed by atoms with Crippen molar-refractivity contribution in [1.82, 2.24) is 0 Å². The molecule has 0 spiro atoms. The number of benzene rings is 2. The summed E-state index contributed by atoms with van der Waals surface area (Å²) in [6, 6.07) is 17.4. The molecule has 1 heteroatoms. The highest BCUT2D eigenvalue weighted by atomic mass is 19.1. The monoisotopic (exact) mass is 185 g/mol. The molecule has 0 heterocycles. The molecule has 2 rings (SSSR count). The maximum Gasteiger partial charge on any atom is 0.123 e. The van der Waals surface area contributed by atoms with Crippen LogP contribution in [0.15, 0.2) is 48.5 Å². The van der Waals surface area contributed by atoms with Crippen LogP contribution in [0, 0.1) is 11.9 Å². The molecule has 0 saturated heterocycles. The molecule has 0 nitrogen and oxygen atoms in total. The van der Waals surface area contributed by atoms with Gasteiger partial charge < -0.3 is 0 Å². The van der Waals surface area contributed by atoms with E-state index in [4.69, 9.17) is 0 Å². The molecule has 2 aromatic rings. The van der Waals surface area contributed by atoms with Crippen LogP contribution in [0.3, 0.4) is 0 Å². The predicted molar refractivity (Wildman–Crippen MR) is 54.5 cm³/mol. The predicted octanol–water partition coefficient (Wildman–Crippen LogP) is 3.22. The summed E-state index contributed by atoms with van der Waals surface area (Å²) < 4.78 is 12.6. The third-order valence-corrected chi connectivity index (χ3v) is 2.09. The van der Waals surface area contributed by atoms with E-state index < -0.39 is 0 Å². The highest BCUT2D eigenvalue weighted by molar-refractivity contribution is 5.25. The molecular formula is C13H10F. The minimum atomic E-state index is -0.187. The van der Waals surface area contributed by atoms with Crippen molar-refractivity contribution in [3.8, 4) is 0 Å². The minimum Gasteiger partial charge on any atom is -0.207 e. The maximum absolute atomic E-state index is 12.6. The molecule has 0 fully saturated rings.